The number of aromatic nitrogens is 3. The lowest BCUT2D eigenvalue weighted by atomic mass is 10.2. The van der Waals surface area contributed by atoms with E-state index >= 15 is 0 Å². The number of hydrogen-bond acceptors (Lipinski definition) is 4. The molecule has 0 bridgehead atoms. The molecule has 0 spiro atoms. The fourth-order valence-corrected chi connectivity index (χ4v) is 1.99. The molecule has 0 saturated heterocycles. The second kappa shape index (κ2) is 5.64. The van der Waals surface area contributed by atoms with E-state index in [-0.39, 0.29) is 15.6 Å². The Morgan fingerprint density at radius 2 is 1.78 bits per heavy atom. The molecule has 3 aromatic rings. The van der Waals surface area contributed by atoms with Gasteiger partial charge in [-0.3, -0.25) is 9.78 Å². The quantitative estimate of drug-likeness (QED) is 0.683. The molecule has 3 rings (SSSR count). The third kappa shape index (κ3) is 2.96. The Bertz CT molecular complexity index is 933. The fraction of sp³-hybridized carbons (Fsp3) is 0.0667. The maximum absolute atomic E-state index is 13.2. The van der Waals surface area contributed by atoms with E-state index in [0.29, 0.717) is 5.56 Å². The number of benzene rings is 1. The normalized spacial score (nSPS) is 12.1. The number of para-hydroxylation sites is 1. The van der Waals surface area contributed by atoms with E-state index in [2.05, 4.69) is 15.1 Å². The maximum atomic E-state index is 13.2. The molecule has 1 aromatic carbocycles. The summed E-state index contributed by atoms with van der Waals surface area (Å²) in [5.41, 5.74) is -0.401. The minimum Gasteiger partial charge on any atom is -0.267 e. The predicted octanol–water partition coefficient (Wildman–Crippen LogP) is 2.69. The Kier molecular flexibility index (Phi) is 3.65. The van der Waals surface area contributed by atoms with Crippen molar-refractivity contribution in [3.05, 3.63) is 70.5 Å². The van der Waals surface area contributed by atoms with Crippen LogP contribution in [-0.4, -0.2) is 20.9 Å². The molecule has 5 nitrogen and oxygen atoms in total. The summed E-state index contributed by atoms with van der Waals surface area (Å²) in [5, 5.41) is 3.72. The smallest absolute Gasteiger partial charge is 0.267 e. The van der Waals surface area contributed by atoms with Gasteiger partial charge in [-0.05, 0) is 29.8 Å². The largest absolute Gasteiger partial charge is 0.451 e. The summed E-state index contributed by atoms with van der Waals surface area (Å²) in [6, 6.07) is 8.92. The Labute approximate surface area is 127 Å². The fourth-order valence-electron chi connectivity index (χ4n) is 1.99. The molecule has 0 aliphatic heterocycles. The van der Waals surface area contributed by atoms with Gasteiger partial charge in [0.15, 0.2) is 0 Å². The zero-order valence-corrected chi connectivity index (χ0v) is 11.5. The van der Waals surface area contributed by atoms with Crippen molar-refractivity contribution in [1.82, 2.24) is 14.6 Å². The first-order valence-corrected chi connectivity index (χ1v) is 6.50. The van der Waals surface area contributed by atoms with Crippen molar-refractivity contribution in [2.75, 3.05) is 0 Å². The molecule has 0 fully saturated rings. The van der Waals surface area contributed by atoms with E-state index in [9.17, 15) is 18.0 Å². The van der Waals surface area contributed by atoms with Crippen LogP contribution in [0.2, 0.25) is 0 Å². The molecule has 0 N–H and O–H groups in total. The number of hydrogen-bond donors (Lipinski definition) is 0. The summed E-state index contributed by atoms with van der Waals surface area (Å²) in [5.74, 6) is -1.37. The van der Waals surface area contributed by atoms with E-state index in [1.54, 1.807) is 18.2 Å². The molecule has 23 heavy (non-hydrogen) atoms. The van der Waals surface area contributed by atoms with Crippen LogP contribution in [0.3, 0.4) is 0 Å². The first-order valence-electron chi connectivity index (χ1n) is 6.50. The first-order chi connectivity index (χ1) is 11.0. The van der Waals surface area contributed by atoms with E-state index in [0.717, 1.165) is 6.21 Å². The van der Waals surface area contributed by atoms with Crippen LogP contribution in [0.15, 0.2) is 58.7 Å². The van der Waals surface area contributed by atoms with Crippen molar-refractivity contribution >= 4 is 17.1 Å². The first kappa shape index (κ1) is 14.9. The van der Waals surface area contributed by atoms with Crippen molar-refractivity contribution in [1.29, 1.82) is 0 Å². The molecule has 0 radical (unpaired) electrons. The maximum Gasteiger partial charge on any atom is 0.451 e. The van der Waals surface area contributed by atoms with Gasteiger partial charge < -0.3 is 0 Å². The second-order valence-corrected chi connectivity index (χ2v) is 4.59. The highest BCUT2D eigenvalue weighted by atomic mass is 19.4. The highest BCUT2D eigenvalue weighted by Gasteiger charge is 2.37. The summed E-state index contributed by atoms with van der Waals surface area (Å²) in [7, 11) is 0. The van der Waals surface area contributed by atoms with Gasteiger partial charge in [-0.15, -0.1) is 0 Å². The SMILES string of the molecule is O=c1c2ccccc2nc(C(F)(F)F)n1/N=C/c1ccncc1. The van der Waals surface area contributed by atoms with Crippen molar-refractivity contribution in [3.8, 4) is 0 Å². The van der Waals surface area contributed by atoms with Gasteiger partial charge in [0, 0.05) is 12.4 Å². The number of fused-ring (bicyclic) bond motifs is 1. The number of pyridine rings is 1. The van der Waals surface area contributed by atoms with E-state index in [1.165, 1.54) is 30.6 Å². The Hall–Kier alpha value is -3.03. The minimum absolute atomic E-state index is 0.0276. The molecular weight excluding hydrogens is 309 g/mol. The number of rotatable bonds is 2. The van der Waals surface area contributed by atoms with Crippen LogP contribution in [0.5, 0.6) is 0 Å². The van der Waals surface area contributed by atoms with Crippen molar-refractivity contribution in [3.63, 3.8) is 0 Å². The minimum atomic E-state index is -4.81. The zero-order valence-electron chi connectivity index (χ0n) is 11.5. The van der Waals surface area contributed by atoms with Gasteiger partial charge in [0.1, 0.15) is 0 Å². The van der Waals surface area contributed by atoms with Crippen molar-refractivity contribution < 1.29 is 13.2 Å². The van der Waals surface area contributed by atoms with Crippen LogP contribution in [0, 0.1) is 0 Å². The van der Waals surface area contributed by atoms with Crippen LogP contribution < -0.4 is 5.56 Å². The molecular formula is C15H9F3N4O. The van der Waals surface area contributed by atoms with Crippen molar-refractivity contribution in [2.24, 2.45) is 5.10 Å². The van der Waals surface area contributed by atoms with Gasteiger partial charge in [0.2, 0.25) is 5.82 Å². The van der Waals surface area contributed by atoms with E-state index in [4.69, 9.17) is 0 Å². The molecule has 2 heterocycles. The zero-order chi connectivity index (χ0) is 16.4. The summed E-state index contributed by atoms with van der Waals surface area (Å²) in [6.45, 7) is 0. The average molecular weight is 318 g/mol. The highest BCUT2D eigenvalue weighted by Crippen LogP contribution is 2.27. The van der Waals surface area contributed by atoms with Crippen LogP contribution in [0.25, 0.3) is 10.9 Å². The van der Waals surface area contributed by atoms with Gasteiger partial charge in [-0.25, -0.2) is 4.98 Å². The van der Waals surface area contributed by atoms with Crippen LogP contribution in [0.1, 0.15) is 11.4 Å². The molecule has 0 atom stereocenters. The molecule has 0 aliphatic carbocycles. The van der Waals surface area contributed by atoms with Crippen LogP contribution in [-0.2, 0) is 6.18 Å². The van der Waals surface area contributed by atoms with Gasteiger partial charge in [0.25, 0.3) is 5.56 Å². The van der Waals surface area contributed by atoms with E-state index in [1.807, 2.05) is 0 Å². The lowest BCUT2D eigenvalue weighted by molar-refractivity contribution is -0.147. The molecule has 0 saturated carbocycles. The summed E-state index contributed by atoms with van der Waals surface area (Å²) in [6.07, 6.45) is -0.728. The molecule has 0 aliphatic rings. The standard InChI is InChI=1S/C15H9F3N4O/c16-15(17,18)14-21-12-4-2-1-3-11(12)13(23)22(14)20-9-10-5-7-19-8-6-10/h1-9H/b20-9+. The van der Waals surface area contributed by atoms with Gasteiger partial charge >= 0.3 is 6.18 Å². The lowest BCUT2D eigenvalue weighted by Crippen LogP contribution is -2.27. The summed E-state index contributed by atoms with van der Waals surface area (Å²) in [4.78, 5) is 19.6. The topological polar surface area (TPSA) is 60.1 Å². The molecule has 2 aromatic heterocycles. The summed E-state index contributed by atoms with van der Waals surface area (Å²) < 4.78 is 39.8. The monoisotopic (exact) mass is 318 g/mol. The number of alkyl halides is 3. The Balaban J connectivity index is 2.23. The third-order valence-corrected chi connectivity index (χ3v) is 3.04. The Morgan fingerprint density at radius 3 is 2.48 bits per heavy atom. The van der Waals surface area contributed by atoms with Gasteiger partial charge in [-0.2, -0.15) is 22.9 Å². The molecule has 8 heteroatoms. The number of halogens is 3. The van der Waals surface area contributed by atoms with Gasteiger partial charge in [-0.1, -0.05) is 12.1 Å². The molecule has 0 unspecified atom stereocenters. The third-order valence-electron chi connectivity index (χ3n) is 3.04. The Morgan fingerprint density at radius 1 is 1.09 bits per heavy atom. The van der Waals surface area contributed by atoms with Gasteiger partial charge in [0.05, 0.1) is 17.1 Å². The number of nitrogens with zero attached hydrogens (tertiary/aromatic N) is 4. The predicted molar refractivity (Wildman–Crippen MR) is 78.2 cm³/mol. The highest BCUT2D eigenvalue weighted by molar-refractivity contribution is 5.80. The molecule has 0 amide bonds. The average Bonchev–Trinajstić information content (AvgIpc) is 2.54. The van der Waals surface area contributed by atoms with Crippen LogP contribution in [0.4, 0.5) is 13.2 Å². The van der Waals surface area contributed by atoms with Crippen molar-refractivity contribution in [2.45, 2.75) is 6.18 Å². The van der Waals surface area contributed by atoms with Crippen LogP contribution >= 0.6 is 0 Å². The van der Waals surface area contributed by atoms with E-state index < -0.39 is 17.6 Å². The lowest BCUT2D eigenvalue weighted by Gasteiger charge is -2.11. The summed E-state index contributed by atoms with van der Waals surface area (Å²) >= 11 is 0. The second-order valence-electron chi connectivity index (χ2n) is 4.59. The molecule has 116 valence electrons.